The molecule has 0 aliphatic heterocycles. The standard InChI is InChI=1S/C17H13BrN4O2/c18-9-5-6-13-12(7-9)15-10-3-1-2-4-11(10)17(24)22(16(15)20-13)8-14(23)21-19/h1-7,20H,8,19H2,(H,21,23). The fourth-order valence-corrected chi connectivity index (χ4v) is 3.46. The highest BCUT2D eigenvalue weighted by Crippen LogP contribution is 2.32. The number of nitrogens with zero attached hydrogens (tertiary/aromatic N) is 1. The summed E-state index contributed by atoms with van der Waals surface area (Å²) in [5.74, 6) is 4.75. The third kappa shape index (κ3) is 2.13. The molecule has 0 aliphatic carbocycles. The van der Waals surface area contributed by atoms with E-state index in [-0.39, 0.29) is 12.1 Å². The molecule has 2 heterocycles. The summed E-state index contributed by atoms with van der Waals surface area (Å²) in [5.41, 5.74) is 3.35. The van der Waals surface area contributed by atoms with Crippen molar-refractivity contribution in [3.8, 4) is 0 Å². The van der Waals surface area contributed by atoms with Crippen LogP contribution < -0.4 is 16.8 Å². The van der Waals surface area contributed by atoms with Crippen LogP contribution >= 0.6 is 15.9 Å². The van der Waals surface area contributed by atoms with Gasteiger partial charge in [0.25, 0.3) is 11.5 Å². The lowest BCUT2D eigenvalue weighted by molar-refractivity contribution is -0.121. The van der Waals surface area contributed by atoms with E-state index in [0.717, 1.165) is 26.1 Å². The highest BCUT2D eigenvalue weighted by Gasteiger charge is 2.17. The van der Waals surface area contributed by atoms with Gasteiger partial charge in [-0.25, -0.2) is 5.84 Å². The van der Waals surface area contributed by atoms with Gasteiger partial charge < -0.3 is 4.98 Å². The van der Waals surface area contributed by atoms with Crippen LogP contribution in [0.5, 0.6) is 0 Å². The van der Waals surface area contributed by atoms with Crippen molar-refractivity contribution in [2.75, 3.05) is 0 Å². The van der Waals surface area contributed by atoms with E-state index >= 15 is 0 Å². The summed E-state index contributed by atoms with van der Waals surface area (Å²) in [6.07, 6.45) is 0. The number of hydrazine groups is 1. The molecule has 4 rings (SSSR count). The Balaban J connectivity index is 2.24. The van der Waals surface area contributed by atoms with Crippen molar-refractivity contribution >= 4 is 54.5 Å². The number of aromatic amines is 1. The zero-order valence-corrected chi connectivity index (χ0v) is 14.1. The number of nitrogens with two attached hydrogens (primary N) is 1. The van der Waals surface area contributed by atoms with Crippen LogP contribution in [0.15, 0.2) is 51.7 Å². The highest BCUT2D eigenvalue weighted by molar-refractivity contribution is 9.10. The number of halogens is 1. The van der Waals surface area contributed by atoms with E-state index in [4.69, 9.17) is 5.84 Å². The van der Waals surface area contributed by atoms with Gasteiger partial charge in [0.05, 0.1) is 0 Å². The van der Waals surface area contributed by atoms with Gasteiger partial charge in [-0.3, -0.25) is 19.6 Å². The highest BCUT2D eigenvalue weighted by atomic mass is 79.9. The first-order valence-corrected chi connectivity index (χ1v) is 8.11. The van der Waals surface area contributed by atoms with Crippen LogP contribution in [0.2, 0.25) is 0 Å². The van der Waals surface area contributed by atoms with E-state index < -0.39 is 5.91 Å². The Morgan fingerprint density at radius 3 is 2.67 bits per heavy atom. The molecule has 0 saturated carbocycles. The van der Waals surface area contributed by atoms with Gasteiger partial charge in [0.2, 0.25) is 0 Å². The predicted molar refractivity (Wildman–Crippen MR) is 97.6 cm³/mol. The number of hydrogen-bond donors (Lipinski definition) is 3. The molecule has 2 aromatic heterocycles. The van der Waals surface area contributed by atoms with E-state index in [2.05, 4.69) is 26.3 Å². The van der Waals surface area contributed by atoms with Crippen molar-refractivity contribution < 1.29 is 4.79 Å². The first-order chi connectivity index (χ1) is 11.6. The Labute approximate surface area is 144 Å². The van der Waals surface area contributed by atoms with Crippen molar-refractivity contribution in [3.63, 3.8) is 0 Å². The molecule has 0 saturated heterocycles. The van der Waals surface area contributed by atoms with Crippen LogP contribution in [0.1, 0.15) is 0 Å². The molecule has 0 bridgehead atoms. The molecular weight excluding hydrogens is 372 g/mol. The van der Waals surface area contributed by atoms with E-state index in [0.29, 0.717) is 11.0 Å². The van der Waals surface area contributed by atoms with Crippen LogP contribution in [0.4, 0.5) is 0 Å². The van der Waals surface area contributed by atoms with Crippen LogP contribution in [0.25, 0.3) is 32.7 Å². The van der Waals surface area contributed by atoms with Gasteiger partial charge >= 0.3 is 0 Å². The van der Waals surface area contributed by atoms with Gasteiger partial charge in [-0.2, -0.15) is 0 Å². The lowest BCUT2D eigenvalue weighted by Crippen LogP contribution is -2.36. The maximum atomic E-state index is 12.9. The van der Waals surface area contributed by atoms with Crippen LogP contribution in [-0.2, 0) is 11.3 Å². The monoisotopic (exact) mass is 384 g/mol. The van der Waals surface area contributed by atoms with Crippen LogP contribution in [0, 0.1) is 0 Å². The Hall–Kier alpha value is -2.64. The van der Waals surface area contributed by atoms with Crippen molar-refractivity contribution in [1.82, 2.24) is 15.0 Å². The Morgan fingerprint density at radius 2 is 1.92 bits per heavy atom. The Kier molecular flexibility index (Phi) is 3.40. The Morgan fingerprint density at radius 1 is 1.17 bits per heavy atom. The summed E-state index contributed by atoms with van der Waals surface area (Å²) in [6.45, 7) is -0.148. The molecule has 120 valence electrons. The first-order valence-electron chi connectivity index (χ1n) is 7.32. The number of amides is 1. The second-order valence-corrected chi connectivity index (χ2v) is 6.46. The molecular formula is C17H13BrN4O2. The zero-order chi connectivity index (χ0) is 16.8. The third-order valence-electron chi connectivity index (χ3n) is 4.15. The van der Waals surface area contributed by atoms with Gasteiger partial charge in [0.1, 0.15) is 12.2 Å². The van der Waals surface area contributed by atoms with E-state index in [1.165, 1.54) is 4.57 Å². The summed E-state index contributed by atoms with van der Waals surface area (Å²) in [4.78, 5) is 27.9. The molecule has 0 spiro atoms. The summed E-state index contributed by atoms with van der Waals surface area (Å²) in [6, 6.07) is 13.3. The largest absolute Gasteiger partial charge is 0.340 e. The fourth-order valence-electron chi connectivity index (χ4n) is 3.10. The van der Waals surface area contributed by atoms with E-state index in [9.17, 15) is 9.59 Å². The number of fused-ring (bicyclic) bond motifs is 5. The van der Waals surface area contributed by atoms with Crippen molar-refractivity contribution in [3.05, 3.63) is 57.3 Å². The SMILES string of the molecule is NNC(=O)Cn1c(=O)c2ccccc2c2c3cc(Br)ccc3[nH]c21. The number of hydrogen-bond acceptors (Lipinski definition) is 3. The van der Waals surface area contributed by atoms with Crippen molar-refractivity contribution in [2.24, 2.45) is 5.84 Å². The number of pyridine rings is 1. The van der Waals surface area contributed by atoms with Crippen LogP contribution in [0.3, 0.4) is 0 Å². The molecule has 0 fully saturated rings. The van der Waals surface area contributed by atoms with Crippen LogP contribution in [-0.4, -0.2) is 15.5 Å². The number of aromatic nitrogens is 2. The summed E-state index contributed by atoms with van der Waals surface area (Å²) < 4.78 is 2.37. The van der Waals surface area contributed by atoms with Gasteiger partial charge in [-0.05, 0) is 29.7 Å². The van der Waals surface area contributed by atoms with E-state index in [1.54, 1.807) is 6.07 Å². The first kappa shape index (κ1) is 14.9. The average Bonchev–Trinajstić information content (AvgIpc) is 2.97. The van der Waals surface area contributed by atoms with Gasteiger partial charge in [-0.1, -0.05) is 34.1 Å². The quantitative estimate of drug-likeness (QED) is 0.281. The summed E-state index contributed by atoms with van der Waals surface area (Å²) in [7, 11) is 0. The zero-order valence-electron chi connectivity index (χ0n) is 12.5. The minimum Gasteiger partial charge on any atom is -0.340 e. The summed E-state index contributed by atoms with van der Waals surface area (Å²) >= 11 is 3.49. The smallest absolute Gasteiger partial charge is 0.260 e. The predicted octanol–water partition coefficient (Wildman–Crippen LogP) is 2.39. The molecule has 0 unspecified atom stereocenters. The molecule has 0 aliphatic rings. The minimum atomic E-state index is -0.437. The number of H-pyrrole nitrogens is 1. The topological polar surface area (TPSA) is 92.9 Å². The normalized spacial score (nSPS) is 11.4. The van der Waals surface area contributed by atoms with Gasteiger partial charge in [0, 0.05) is 26.1 Å². The van der Waals surface area contributed by atoms with Gasteiger partial charge in [0.15, 0.2) is 0 Å². The maximum absolute atomic E-state index is 12.9. The molecule has 7 heteroatoms. The molecule has 4 N–H and O–H groups in total. The van der Waals surface area contributed by atoms with Crippen molar-refractivity contribution in [2.45, 2.75) is 6.54 Å². The van der Waals surface area contributed by atoms with Crippen molar-refractivity contribution in [1.29, 1.82) is 0 Å². The molecule has 24 heavy (non-hydrogen) atoms. The number of benzene rings is 2. The maximum Gasteiger partial charge on any atom is 0.260 e. The second kappa shape index (κ2) is 5.47. The Bertz CT molecular complexity index is 1180. The number of carbonyl (C=O) groups is 1. The fraction of sp³-hybridized carbons (Fsp3) is 0.0588. The molecule has 0 radical (unpaired) electrons. The number of carbonyl (C=O) groups excluding carboxylic acids is 1. The van der Waals surface area contributed by atoms with Gasteiger partial charge in [-0.15, -0.1) is 0 Å². The summed E-state index contributed by atoms with van der Waals surface area (Å²) in [5, 5.41) is 3.31. The molecule has 1 amide bonds. The number of nitrogens with one attached hydrogen (secondary N) is 2. The van der Waals surface area contributed by atoms with E-state index in [1.807, 2.05) is 36.4 Å². The minimum absolute atomic E-state index is 0.148. The molecule has 6 nitrogen and oxygen atoms in total. The molecule has 2 aromatic carbocycles. The third-order valence-corrected chi connectivity index (χ3v) is 4.64. The number of rotatable bonds is 2. The second-order valence-electron chi connectivity index (χ2n) is 5.54. The lowest BCUT2D eigenvalue weighted by atomic mass is 10.1. The average molecular weight is 385 g/mol. The molecule has 4 aromatic rings. The molecule has 0 atom stereocenters. The lowest BCUT2D eigenvalue weighted by Gasteiger charge is -2.09.